The molecule has 0 saturated heterocycles. The Kier molecular flexibility index (Phi) is 11.2. The molecule has 0 saturated carbocycles. The van der Waals surface area contributed by atoms with E-state index >= 15 is 0 Å². The molecule has 0 amide bonds. The van der Waals surface area contributed by atoms with Gasteiger partial charge in [-0.05, 0) is 38.5 Å². The van der Waals surface area contributed by atoms with Crippen molar-refractivity contribution in [3.63, 3.8) is 0 Å². The highest BCUT2D eigenvalue weighted by atomic mass is 32.2. The first kappa shape index (κ1) is 18.2. The third-order valence-electron chi connectivity index (χ3n) is 2.89. The number of ether oxygens (including phenoxy) is 1. The second-order valence-electron chi connectivity index (χ2n) is 5.47. The summed E-state index contributed by atoms with van der Waals surface area (Å²) in [4.78, 5) is 0. The van der Waals surface area contributed by atoms with Gasteiger partial charge in [-0.1, -0.05) is 20.8 Å². The Morgan fingerprint density at radius 2 is 1.89 bits per heavy atom. The number of hydrogen-bond donors (Lipinski definition) is 2. The first-order valence-electron chi connectivity index (χ1n) is 6.98. The van der Waals surface area contributed by atoms with Gasteiger partial charge >= 0.3 is 0 Å². The zero-order chi connectivity index (χ0) is 14.0. The van der Waals surface area contributed by atoms with Gasteiger partial charge in [0.05, 0.1) is 18.8 Å². The molecule has 0 rings (SSSR count). The number of nitrogens with one attached hydrogen (secondary N) is 1. The molecule has 110 valence electrons. The monoisotopic (exact) mass is 277 g/mol. The van der Waals surface area contributed by atoms with E-state index < -0.39 is 6.10 Å². The molecule has 3 atom stereocenters. The van der Waals surface area contributed by atoms with E-state index in [0.29, 0.717) is 24.3 Å². The fraction of sp³-hybridized carbons (Fsp3) is 1.00. The minimum absolute atomic E-state index is 0.233. The van der Waals surface area contributed by atoms with Gasteiger partial charge in [0.25, 0.3) is 0 Å². The van der Waals surface area contributed by atoms with Gasteiger partial charge in [-0.15, -0.1) is 0 Å². The van der Waals surface area contributed by atoms with Crippen molar-refractivity contribution in [3.8, 4) is 0 Å². The van der Waals surface area contributed by atoms with Crippen LogP contribution in [-0.4, -0.2) is 48.5 Å². The van der Waals surface area contributed by atoms with E-state index in [1.54, 1.807) is 0 Å². The van der Waals surface area contributed by atoms with E-state index in [-0.39, 0.29) is 6.10 Å². The van der Waals surface area contributed by atoms with E-state index in [9.17, 15) is 5.11 Å². The molecule has 0 aliphatic carbocycles. The first-order valence-corrected chi connectivity index (χ1v) is 8.27. The van der Waals surface area contributed by atoms with Gasteiger partial charge in [-0.3, -0.25) is 0 Å². The van der Waals surface area contributed by atoms with E-state index in [1.807, 2.05) is 11.8 Å². The minimum Gasteiger partial charge on any atom is -0.389 e. The fourth-order valence-electron chi connectivity index (χ4n) is 1.76. The van der Waals surface area contributed by atoms with Crippen molar-refractivity contribution in [1.82, 2.24) is 5.32 Å². The van der Waals surface area contributed by atoms with E-state index in [4.69, 9.17) is 4.74 Å². The molecular weight excluding hydrogens is 246 g/mol. The number of hydrogen-bond acceptors (Lipinski definition) is 4. The Balaban J connectivity index is 3.45. The lowest BCUT2D eigenvalue weighted by Crippen LogP contribution is -2.32. The van der Waals surface area contributed by atoms with Gasteiger partial charge in [-0.2, -0.15) is 11.8 Å². The summed E-state index contributed by atoms with van der Waals surface area (Å²) in [6, 6.07) is 0. The standard InChI is InChI=1S/C14H31NO2S/c1-11(2)8-12(3)17-10-14(16)9-15-7-6-13(4)18-5/h11-16H,6-10H2,1-5H3. The molecular formula is C14H31NO2S. The molecule has 3 nitrogen and oxygen atoms in total. The van der Waals surface area contributed by atoms with Crippen LogP contribution in [0.3, 0.4) is 0 Å². The number of thioether (sulfide) groups is 1. The van der Waals surface area contributed by atoms with Crippen molar-refractivity contribution in [2.45, 2.75) is 58.0 Å². The number of aliphatic hydroxyl groups excluding tert-OH is 1. The maximum atomic E-state index is 9.76. The van der Waals surface area contributed by atoms with Crippen molar-refractivity contribution in [1.29, 1.82) is 0 Å². The van der Waals surface area contributed by atoms with Gasteiger partial charge in [0, 0.05) is 11.8 Å². The highest BCUT2D eigenvalue weighted by Gasteiger charge is 2.09. The predicted molar refractivity (Wildman–Crippen MR) is 81.3 cm³/mol. The Morgan fingerprint density at radius 1 is 1.22 bits per heavy atom. The van der Waals surface area contributed by atoms with Crippen LogP contribution in [0.2, 0.25) is 0 Å². The smallest absolute Gasteiger partial charge is 0.0897 e. The van der Waals surface area contributed by atoms with Gasteiger partial charge in [0.1, 0.15) is 0 Å². The molecule has 0 spiro atoms. The highest BCUT2D eigenvalue weighted by Crippen LogP contribution is 2.08. The molecule has 18 heavy (non-hydrogen) atoms. The van der Waals surface area contributed by atoms with Crippen molar-refractivity contribution < 1.29 is 9.84 Å². The maximum absolute atomic E-state index is 9.76. The van der Waals surface area contributed by atoms with Gasteiger partial charge in [-0.25, -0.2) is 0 Å². The van der Waals surface area contributed by atoms with Crippen LogP contribution in [-0.2, 0) is 4.74 Å². The number of aliphatic hydroxyl groups is 1. The molecule has 0 aromatic heterocycles. The Hall–Kier alpha value is 0.230. The van der Waals surface area contributed by atoms with Crippen molar-refractivity contribution in [2.24, 2.45) is 5.92 Å². The minimum atomic E-state index is -0.399. The Labute approximate surface area is 117 Å². The van der Waals surface area contributed by atoms with Crippen LogP contribution in [0.5, 0.6) is 0 Å². The molecule has 2 N–H and O–H groups in total. The molecule has 0 aromatic carbocycles. The molecule has 0 bridgehead atoms. The van der Waals surface area contributed by atoms with E-state index in [0.717, 1.165) is 19.4 Å². The topological polar surface area (TPSA) is 41.5 Å². The van der Waals surface area contributed by atoms with Crippen LogP contribution < -0.4 is 5.32 Å². The number of rotatable bonds is 11. The van der Waals surface area contributed by atoms with Crippen molar-refractivity contribution in [3.05, 3.63) is 0 Å². The summed E-state index contributed by atoms with van der Waals surface area (Å²) in [7, 11) is 0. The summed E-state index contributed by atoms with van der Waals surface area (Å²) < 4.78 is 5.62. The molecule has 0 aromatic rings. The maximum Gasteiger partial charge on any atom is 0.0897 e. The summed E-state index contributed by atoms with van der Waals surface area (Å²) in [5, 5.41) is 13.7. The molecule has 0 aliphatic rings. The quantitative estimate of drug-likeness (QED) is 0.570. The molecule has 0 fully saturated rings. The Bertz CT molecular complexity index is 191. The lowest BCUT2D eigenvalue weighted by Gasteiger charge is -2.18. The van der Waals surface area contributed by atoms with Crippen LogP contribution in [0.4, 0.5) is 0 Å². The molecule has 0 radical (unpaired) electrons. The lowest BCUT2D eigenvalue weighted by atomic mass is 10.1. The molecule has 3 unspecified atom stereocenters. The summed E-state index contributed by atoms with van der Waals surface area (Å²) >= 11 is 1.88. The Morgan fingerprint density at radius 3 is 2.44 bits per heavy atom. The van der Waals surface area contributed by atoms with E-state index in [2.05, 4.69) is 39.3 Å². The fourth-order valence-corrected chi connectivity index (χ4v) is 2.11. The summed E-state index contributed by atoms with van der Waals surface area (Å²) in [6.07, 6.45) is 4.15. The van der Waals surface area contributed by atoms with Gasteiger partial charge < -0.3 is 15.2 Å². The van der Waals surface area contributed by atoms with Gasteiger partial charge in [0.2, 0.25) is 0 Å². The third kappa shape index (κ3) is 11.3. The predicted octanol–water partition coefficient (Wildman–Crippen LogP) is 2.53. The SMILES string of the molecule is CSC(C)CCNCC(O)COC(C)CC(C)C. The average molecular weight is 277 g/mol. The normalized spacial score (nSPS) is 16.8. The molecule has 0 aliphatic heterocycles. The summed E-state index contributed by atoms with van der Waals surface area (Å²) in [5.41, 5.74) is 0. The van der Waals surface area contributed by atoms with Crippen LogP contribution in [0, 0.1) is 5.92 Å². The van der Waals surface area contributed by atoms with Crippen LogP contribution in [0.15, 0.2) is 0 Å². The first-order chi connectivity index (χ1) is 8.45. The van der Waals surface area contributed by atoms with Crippen LogP contribution in [0.25, 0.3) is 0 Å². The van der Waals surface area contributed by atoms with Crippen LogP contribution >= 0.6 is 11.8 Å². The molecule has 0 heterocycles. The van der Waals surface area contributed by atoms with Crippen molar-refractivity contribution in [2.75, 3.05) is 26.0 Å². The summed E-state index contributed by atoms with van der Waals surface area (Å²) in [5.74, 6) is 0.642. The largest absolute Gasteiger partial charge is 0.389 e. The molecule has 4 heteroatoms. The summed E-state index contributed by atoms with van der Waals surface area (Å²) in [6.45, 7) is 10.7. The van der Waals surface area contributed by atoms with E-state index in [1.165, 1.54) is 0 Å². The second-order valence-corrected chi connectivity index (χ2v) is 6.74. The van der Waals surface area contributed by atoms with Gasteiger partial charge in [0.15, 0.2) is 0 Å². The highest BCUT2D eigenvalue weighted by molar-refractivity contribution is 7.99. The second kappa shape index (κ2) is 11.1. The lowest BCUT2D eigenvalue weighted by molar-refractivity contribution is -0.00842. The average Bonchev–Trinajstić information content (AvgIpc) is 2.30. The zero-order valence-electron chi connectivity index (χ0n) is 12.6. The van der Waals surface area contributed by atoms with Crippen molar-refractivity contribution >= 4 is 11.8 Å². The zero-order valence-corrected chi connectivity index (χ0v) is 13.4. The third-order valence-corrected chi connectivity index (χ3v) is 3.93. The van der Waals surface area contributed by atoms with Crippen LogP contribution in [0.1, 0.15) is 40.5 Å².